The predicted octanol–water partition coefficient (Wildman–Crippen LogP) is 1.49. The standard InChI is InChI=1S/C23H25FN6O4/c1-14(31)18(24)13-29-12-15-9-19(20(10-16(15)23(29)33)28-5-7-34-8-6-28)27-22(32)17-11-26-30-4-2-3-25-21(17)30/h2-4,9-11,14,18,31H,5-8,12-13H2,1H3,(H,27,32)/t14?,18-/m1/s1. The summed E-state index contributed by atoms with van der Waals surface area (Å²) in [4.78, 5) is 33.8. The molecule has 0 radical (unpaired) electrons. The topological polar surface area (TPSA) is 112 Å². The molecule has 4 heterocycles. The van der Waals surface area contributed by atoms with Gasteiger partial charge in [-0.2, -0.15) is 5.10 Å². The first-order valence-corrected chi connectivity index (χ1v) is 11.1. The number of carbonyl (C=O) groups is 2. The second kappa shape index (κ2) is 8.99. The van der Waals surface area contributed by atoms with E-state index >= 15 is 0 Å². The van der Waals surface area contributed by atoms with Crippen LogP contribution in [-0.2, 0) is 11.3 Å². The number of anilines is 2. The van der Waals surface area contributed by atoms with Gasteiger partial charge in [-0.05, 0) is 30.7 Å². The van der Waals surface area contributed by atoms with E-state index in [4.69, 9.17) is 4.74 Å². The minimum absolute atomic E-state index is 0.200. The Kier molecular flexibility index (Phi) is 5.88. The van der Waals surface area contributed by atoms with Crippen LogP contribution < -0.4 is 10.2 Å². The zero-order valence-electron chi connectivity index (χ0n) is 18.6. The summed E-state index contributed by atoms with van der Waals surface area (Å²) in [6.45, 7) is 3.62. The lowest BCUT2D eigenvalue weighted by molar-refractivity contribution is 0.0515. The molecule has 2 amide bonds. The van der Waals surface area contributed by atoms with Gasteiger partial charge in [0.2, 0.25) is 0 Å². The Bertz CT molecular complexity index is 1240. The monoisotopic (exact) mass is 468 g/mol. The first-order chi connectivity index (χ1) is 16.4. The number of morpholine rings is 1. The fraction of sp³-hybridized carbons (Fsp3) is 0.391. The average Bonchev–Trinajstić information content (AvgIpc) is 3.40. The number of nitrogens with one attached hydrogen (secondary N) is 1. The number of hydrogen-bond donors (Lipinski definition) is 2. The van der Waals surface area contributed by atoms with Crippen LogP contribution in [0.1, 0.15) is 33.2 Å². The van der Waals surface area contributed by atoms with Crippen molar-refractivity contribution in [1.82, 2.24) is 19.5 Å². The van der Waals surface area contributed by atoms with Crippen molar-refractivity contribution in [3.05, 3.63) is 53.5 Å². The Morgan fingerprint density at radius 1 is 1.32 bits per heavy atom. The Morgan fingerprint density at radius 2 is 2.12 bits per heavy atom. The van der Waals surface area contributed by atoms with E-state index in [2.05, 4.69) is 20.3 Å². The molecule has 2 aliphatic heterocycles. The predicted molar refractivity (Wildman–Crippen MR) is 122 cm³/mol. The Balaban J connectivity index is 1.48. The number of ether oxygens (including phenoxy) is 1. The Labute approximate surface area is 194 Å². The maximum Gasteiger partial charge on any atom is 0.261 e. The number of aliphatic hydroxyl groups is 1. The normalized spacial score (nSPS) is 17.7. The fourth-order valence-corrected chi connectivity index (χ4v) is 4.26. The molecule has 34 heavy (non-hydrogen) atoms. The Morgan fingerprint density at radius 3 is 2.88 bits per heavy atom. The van der Waals surface area contributed by atoms with Crippen molar-refractivity contribution in [2.75, 3.05) is 43.1 Å². The molecule has 5 rings (SSSR count). The molecule has 1 aromatic carbocycles. The second-order valence-corrected chi connectivity index (χ2v) is 8.47. The van der Waals surface area contributed by atoms with E-state index in [9.17, 15) is 19.1 Å². The third kappa shape index (κ3) is 4.08. The van der Waals surface area contributed by atoms with Crippen LogP contribution in [0.15, 0.2) is 36.8 Å². The number of halogens is 1. The average molecular weight is 468 g/mol. The number of alkyl halides is 1. The molecule has 178 valence electrons. The zero-order valence-corrected chi connectivity index (χ0v) is 18.6. The summed E-state index contributed by atoms with van der Waals surface area (Å²) in [5, 5.41) is 16.7. The molecule has 1 saturated heterocycles. The first-order valence-electron chi connectivity index (χ1n) is 11.1. The third-order valence-corrected chi connectivity index (χ3v) is 6.14. The molecule has 11 heteroatoms. The molecule has 0 bridgehead atoms. The van der Waals surface area contributed by atoms with Crippen LogP contribution in [0.4, 0.5) is 15.8 Å². The molecule has 0 spiro atoms. The number of aliphatic hydroxyl groups excluding tert-OH is 1. The fourth-order valence-electron chi connectivity index (χ4n) is 4.26. The molecule has 10 nitrogen and oxygen atoms in total. The lowest BCUT2D eigenvalue weighted by atomic mass is 10.1. The lowest BCUT2D eigenvalue weighted by Crippen LogP contribution is -2.37. The Hall–Kier alpha value is -3.57. The number of aromatic nitrogens is 3. The third-order valence-electron chi connectivity index (χ3n) is 6.14. The number of fused-ring (bicyclic) bond motifs is 2. The quantitative estimate of drug-likeness (QED) is 0.564. The summed E-state index contributed by atoms with van der Waals surface area (Å²) in [6, 6.07) is 5.24. The number of rotatable bonds is 6. The highest BCUT2D eigenvalue weighted by molar-refractivity contribution is 6.10. The molecule has 0 aliphatic carbocycles. The summed E-state index contributed by atoms with van der Waals surface area (Å²) in [6.07, 6.45) is 2.05. The highest BCUT2D eigenvalue weighted by Gasteiger charge is 2.33. The largest absolute Gasteiger partial charge is 0.390 e. The van der Waals surface area contributed by atoms with Gasteiger partial charge in [0.15, 0.2) is 5.65 Å². The number of amides is 2. The van der Waals surface area contributed by atoms with E-state index in [-0.39, 0.29) is 24.9 Å². The number of hydrogen-bond acceptors (Lipinski definition) is 7. The van der Waals surface area contributed by atoms with Gasteiger partial charge in [-0.25, -0.2) is 13.9 Å². The first kappa shape index (κ1) is 22.2. The van der Waals surface area contributed by atoms with Crippen molar-refractivity contribution in [2.45, 2.75) is 25.7 Å². The van der Waals surface area contributed by atoms with E-state index in [0.717, 1.165) is 0 Å². The summed E-state index contributed by atoms with van der Waals surface area (Å²) in [5.74, 6) is -0.667. The highest BCUT2D eigenvalue weighted by atomic mass is 19.1. The van der Waals surface area contributed by atoms with Crippen molar-refractivity contribution < 1.29 is 23.8 Å². The van der Waals surface area contributed by atoms with E-state index in [1.165, 1.54) is 22.5 Å². The van der Waals surface area contributed by atoms with Gasteiger partial charge in [0.25, 0.3) is 11.8 Å². The van der Waals surface area contributed by atoms with Crippen molar-refractivity contribution >= 4 is 28.8 Å². The molecule has 2 aliphatic rings. The van der Waals surface area contributed by atoms with E-state index in [1.54, 1.807) is 30.6 Å². The zero-order chi connectivity index (χ0) is 23.8. The molecule has 0 saturated carbocycles. The summed E-state index contributed by atoms with van der Waals surface area (Å²) in [7, 11) is 0. The van der Waals surface area contributed by atoms with Gasteiger partial charge in [0.05, 0.1) is 43.4 Å². The van der Waals surface area contributed by atoms with Crippen molar-refractivity contribution in [3.63, 3.8) is 0 Å². The summed E-state index contributed by atoms with van der Waals surface area (Å²) >= 11 is 0. The van der Waals surface area contributed by atoms with Gasteiger partial charge < -0.3 is 25.0 Å². The molecule has 2 aromatic heterocycles. The maximum absolute atomic E-state index is 14.1. The second-order valence-electron chi connectivity index (χ2n) is 8.47. The van der Waals surface area contributed by atoms with E-state index in [1.807, 2.05) is 0 Å². The van der Waals surface area contributed by atoms with Gasteiger partial charge in [0.1, 0.15) is 11.7 Å². The SMILES string of the molecule is CC(O)[C@H](F)CN1Cc2cc(NC(=O)c3cnn4cccnc34)c(N3CCOCC3)cc2C1=O. The van der Waals surface area contributed by atoms with Crippen molar-refractivity contribution in [3.8, 4) is 0 Å². The van der Waals surface area contributed by atoms with Crippen LogP contribution in [0.2, 0.25) is 0 Å². The molecule has 2 atom stereocenters. The minimum Gasteiger partial charge on any atom is -0.390 e. The number of nitrogens with zero attached hydrogens (tertiary/aromatic N) is 5. The lowest BCUT2D eigenvalue weighted by Gasteiger charge is -2.31. The molecule has 2 N–H and O–H groups in total. The van der Waals surface area contributed by atoms with Gasteiger partial charge in [0, 0.05) is 37.6 Å². The maximum atomic E-state index is 14.1. The minimum atomic E-state index is -1.54. The molecule has 3 aromatic rings. The van der Waals surface area contributed by atoms with Crippen LogP contribution >= 0.6 is 0 Å². The molecule has 1 unspecified atom stereocenters. The summed E-state index contributed by atoms with van der Waals surface area (Å²) < 4.78 is 21.1. The van der Waals surface area contributed by atoms with Crippen LogP contribution in [0, 0.1) is 0 Å². The van der Waals surface area contributed by atoms with Gasteiger partial charge in [-0.15, -0.1) is 0 Å². The summed E-state index contributed by atoms with van der Waals surface area (Å²) in [5.41, 5.74) is 3.15. The van der Waals surface area contributed by atoms with Crippen LogP contribution in [0.5, 0.6) is 0 Å². The van der Waals surface area contributed by atoms with E-state index in [0.29, 0.717) is 60.0 Å². The molecule has 1 fully saturated rings. The van der Waals surface area contributed by atoms with Gasteiger partial charge >= 0.3 is 0 Å². The van der Waals surface area contributed by atoms with Gasteiger partial charge in [-0.3, -0.25) is 9.59 Å². The van der Waals surface area contributed by atoms with Gasteiger partial charge in [-0.1, -0.05) is 0 Å². The van der Waals surface area contributed by atoms with Crippen molar-refractivity contribution in [1.29, 1.82) is 0 Å². The molecular formula is C23H25FN6O4. The van der Waals surface area contributed by atoms with Crippen LogP contribution in [0.25, 0.3) is 5.65 Å². The smallest absolute Gasteiger partial charge is 0.261 e. The number of benzene rings is 1. The van der Waals surface area contributed by atoms with E-state index < -0.39 is 12.3 Å². The van der Waals surface area contributed by atoms with Crippen molar-refractivity contribution in [2.24, 2.45) is 0 Å². The van der Waals surface area contributed by atoms with Crippen LogP contribution in [0.3, 0.4) is 0 Å². The number of carbonyl (C=O) groups excluding carboxylic acids is 2. The molecular weight excluding hydrogens is 443 g/mol. The van der Waals surface area contributed by atoms with Crippen LogP contribution in [-0.4, -0.2) is 81.5 Å². The highest BCUT2D eigenvalue weighted by Crippen LogP contribution is 2.35.